The van der Waals surface area contributed by atoms with Gasteiger partial charge in [0.2, 0.25) is 0 Å². The number of aliphatic carboxylic acids is 1. The number of carbonyl (C=O) groups is 1. The lowest BCUT2D eigenvalue weighted by Gasteiger charge is -2.32. The van der Waals surface area contributed by atoms with Gasteiger partial charge in [0.1, 0.15) is 0 Å². The van der Waals surface area contributed by atoms with Gasteiger partial charge >= 0.3 is 5.97 Å². The largest absolute Gasteiger partial charge is 0.481 e. The lowest BCUT2D eigenvalue weighted by atomic mass is 9.93. The summed E-state index contributed by atoms with van der Waals surface area (Å²) >= 11 is 0. The van der Waals surface area contributed by atoms with Crippen molar-refractivity contribution in [2.75, 3.05) is 19.6 Å². The van der Waals surface area contributed by atoms with Crippen molar-refractivity contribution in [1.29, 1.82) is 0 Å². The SMILES string of the molecule is CCC(O)CN1CCC(CC(=O)O)CC1. The van der Waals surface area contributed by atoms with E-state index in [2.05, 4.69) is 4.90 Å². The van der Waals surface area contributed by atoms with Gasteiger partial charge in [-0.05, 0) is 38.3 Å². The van der Waals surface area contributed by atoms with Gasteiger partial charge in [-0.25, -0.2) is 0 Å². The molecule has 0 aromatic carbocycles. The smallest absolute Gasteiger partial charge is 0.303 e. The van der Waals surface area contributed by atoms with E-state index in [4.69, 9.17) is 5.11 Å². The van der Waals surface area contributed by atoms with E-state index >= 15 is 0 Å². The van der Waals surface area contributed by atoms with E-state index in [9.17, 15) is 9.90 Å². The number of carboxylic acids is 1. The molecule has 88 valence electrons. The molecule has 4 nitrogen and oxygen atoms in total. The minimum atomic E-state index is -0.693. The lowest BCUT2D eigenvalue weighted by Crippen LogP contribution is -2.39. The second-order valence-electron chi connectivity index (χ2n) is 4.40. The van der Waals surface area contributed by atoms with Gasteiger partial charge in [-0.1, -0.05) is 6.92 Å². The van der Waals surface area contributed by atoms with E-state index in [0.717, 1.165) is 38.9 Å². The fraction of sp³-hybridized carbons (Fsp3) is 0.909. The van der Waals surface area contributed by atoms with Crippen LogP contribution in [0.4, 0.5) is 0 Å². The van der Waals surface area contributed by atoms with Crippen molar-refractivity contribution in [2.24, 2.45) is 5.92 Å². The van der Waals surface area contributed by atoms with Gasteiger partial charge in [0, 0.05) is 13.0 Å². The second-order valence-corrected chi connectivity index (χ2v) is 4.40. The van der Waals surface area contributed by atoms with Crippen molar-refractivity contribution in [1.82, 2.24) is 4.90 Å². The van der Waals surface area contributed by atoms with Crippen molar-refractivity contribution in [3.05, 3.63) is 0 Å². The molecule has 1 saturated heterocycles. The van der Waals surface area contributed by atoms with E-state index in [1.807, 2.05) is 6.92 Å². The summed E-state index contributed by atoms with van der Waals surface area (Å²) in [6.07, 6.45) is 2.74. The number of rotatable bonds is 5. The van der Waals surface area contributed by atoms with Gasteiger partial charge in [0.05, 0.1) is 6.10 Å². The monoisotopic (exact) mass is 215 g/mol. The molecule has 0 spiro atoms. The second kappa shape index (κ2) is 6.08. The van der Waals surface area contributed by atoms with Gasteiger partial charge in [0.15, 0.2) is 0 Å². The Labute approximate surface area is 90.9 Å². The van der Waals surface area contributed by atoms with Gasteiger partial charge in [-0.15, -0.1) is 0 Å². The standard InChI is InChI=1S/C11H21NO3/c1-2-10(13)8-12-5-3-9(4-6-12)7-11(14)15/h9-10,13H,2-8H2,1H3,(H,14,15). The number of piperidine rings is 1. The number of likely N-dealkylation sites (tertiary alicyclic amines) is 1. The molecule has 1 rings (SSSR count). The van der Waals surface area contributed by atoms with E-state index in [1.54, 1.807) is 0 Å². The zero-order valence-electron chi connectivity index (χ0n) is 9.35. The predicted octanol–water partition coefficient (Wildman–Crippen LogP) is 0.944. The van der Waals surface area contributed by atoms with Gasteiger partial charge in [0.25, 0.3) is 0 Å². The molecular weight excluding hydrogens is 194 g/mol. The number of hydrogen-bond donors (Lipinski definition) is 2. The molecule has 1 aliphatic heterocycles. The first-order valence-corrected chi connectivity index (χ1v) is 5.74. The van der Waals surface area contributed by atoms with Crippen LogP contribution in [0.5, 0.6) is 0 Å². The Kier molecular flexibility index (Phi) is 5.05. The maximum absolute atomic E-state index is 10.5. The topological polar surface area (TPSA) is 60.8 Å². The third kappa shape index (κ3) is 4.62. The van der Waals surface area contributed by atoms with Crippen LogP contribution in [0, 0.1) is 5.92 Å². The Morgan fingerprint density at radius 2 is 2.07 bits per heavy atom. The van der Waals surface area contributed by atoms with Crippen molar-refractivity contribution in [3.8, 4) is 0 Å². The Balaban J connectivity index is 2.20. The number of hydrogen-bond acceptors (Lipinski definition) is 3. The summed E-state index contributed by atoms with van der Waals surface area (Å²) in [7, 11) is 0. The number of β-amino-alcohol motifs (C(OH)–C–C–N with tert-alkyl or cyclic N) is 1. The predicted molar refractivity (Wildman–Crippen MR) is 57.7 cm³/mol. The Morgan fingerprint density at radius 3 is 2.53 bits per heavy atom. The van der Waals surface area contributed by atoms with E-state index in [-0.39, 0.29) is 6.10 Å². The molecule has 1 heterocycles. The maximum atomic E-state index is 10.5. The Bertz CT molecular complexity index is 200. The van der Waals surface area contributed by atoms with Crippen LogP contribution in [0.15, 0.2) is 0 Å². The lowest BCUT2D eigenvalue weighted by molar-refractivity contribution is -0.138. The van der Waals surface area contributed by atoms with E-state index in [1.165, 1.54) is 0 Å². The van der Waals surface area contributed by atoms with Crippen molar-refractivity contribution >= 4 is 5.97 Å². The number of carboxylic acid groups (broad SMARTS) is 1. The average molecular weight is 215 g/mol. The van der Waals surface area contributed by atoms with Crippen molar-refractivity contribution in [3.63, 3.8) is 0 Å². The first kappa shape index (κ1) is 12.5. The van der Waals surface area contributed by atoms with Gasteiger partial charge in [-0.3, -0.25) is 4.79 Å². The first-order chi connectivity index (χ1) is 7.11. The average Bonchev–Trinajstić information content (AvgIpc) is 2.20. The first-order valence-electron chi connectivity index (χ1n) is 5.74. The summed E-state index contributed by atoms with van der Waals surface area (Å²) in [5, 5.41) is 18.1. The normalized spacial score (nSPS) is 21.5. The minimum absolute atomic E-state index is 0.235. The summed E-state index contributed by atoms with van der Waals surface area (Å²) in [4.78, 5) is 12.7. The number of aliphatic hydroxyl groups excluding tert-OH is 1. The summed E-state index contributed by atoms with van der Waals surface area (Å²) in [6, 6.07) is 0. The van der Waals surface area contributed by atoms with Crippen LogP contribution in [0.1, 0.15) is 32.6 Å². The summed E-state index contributed by atoms with van der Waals surface area (Å²) in [5.74, 6) is -0.362. The molecular formula is C11H21NO3. The van der Waals surface area contributed by atoms with Crippen LogP contribution in [0.2, 0.25) is 0 Å². The third-order valence-electron chi connectivity index (χ3n) is 3.11. The molecule has 1 unspecified atom stereocenters. The van der Waals surface area contributed by atoms with Crippen LogP contribution in [-0.2, 0) is 4.79 Å². The fourth-order valence-corrected chi connectivity index (χ4v) is 2.05. The molecule has 0 bridgehead atoms. The summed E-state index contributed by atoms with van der Waals surface area (Å²) in [5.41, 5.74) is 0. The highest BCUT2D eigenvalue weighted by Crippen LogP contribution is 2.20. The fourth-order valence-electron chi connectivity index (χ4n) is 2.05. The quantitative estimate of drug-likeness (QED) is 0.716. The number of aliphatic hydroxyl groups is 1. The zero-order valence-corrected chi connectivity index (χ0v) is 9.35. The third-order valence-corrected chi connectivity index (χ3v) is 3.11. The summed E-state index contributed by atoms with van der Waals surface area (Å²) in [6.45, 7) is 4.56. The van der Waals surface area contributed by atoms with Crippen LogP contribution < -0.4 is 0 Å². The molecule has 0 aromatic heterocycles. The van der Waals surface area contributed by atoms with Crippen molar-refractivity contribution < 1.29 is 15.0 Å². The van der Waals surface area contributed by atoms with Gasteiger partial charge in [-0.2, -0.15) is 0 Å². The summed E-state index contributed by atoms with van der Waals surface area (Å²) < 4.78 is 0. The molecule has 4 heteroatoms. The van der Waals surface area contributed by atoms with Gasteiger partial charge < -0.3 is 15.1 Å². The van der Waals surface area contributed by atoms with Crippen LogP contribution in [0.25, 0.3) is 0 Å². The number of nitrogens with zero attached hydrogens (tertiary/aromatic N) is 1. The minimum Gasteiger partial charge on any atom is -0.481 e. The molecule has 0 radical (unpaired) electrons. The highest BCUT2D eigenvalue weighted by molar-refractivity contribution is 5.67. The molecule has 0 saturated carbocycles. The molecule has 2 N–H and O–H groups in total. The Morgan fingerprint density at radius 1 is 1.47 bits per heavy atom. The molecule has 1 aliphatic rings. The van der Waals surface area contributed by atoms with Crippen LogP contribution >= 0.6 is 0 Å². The Hall–Kier alpha value is -0.610. The highest BCUT2D eigenvalue weighted by atomic mass is 16.4. The van der Waals surface area contributed by atoms with E-state index in [0.29, 0.717) is 12.3 Å². The van der Waals surface area contributed by atoms with Crippen molar-refractivity contribution in [2.45, 2.75) is 38.7 Å². The molecule has 1 fully saturated rings. The molecule has 15 heavy (non-hydrogen) atoms. The highest BCUT2D eigenvalue weighted by Gasteiger charge is 2.22. The van der Waals surface area contributed by atoms with Crippen LogP contribution in [0.3, 0.4) is 0 Å². The maximum Gasteiger partial charge on any atom is 0.303 e. The molecule has 1 atom stereocenters. The zero-order chi connectivity index (χ0) is 11.3. The molecule has 0 aliphatic carbocycles. The van der Waals surface area contributed by atoms with Crippen LogP contribution in [-0.4, -0.2) is 46.8 Å². The molecule has 0 aromatic rings. The molecule has 0 amide bonds. The van der Waals surface area contributed by atoms with E-state index < -0.39 is 5.97 Å².